The molecule has 22 heavy (non-hydrogen) atoms. The highest BCUT2D eigenvalue weighted by Gasteiger charge is 2.21. The molecule has 0 spiro atoms. The molecule has 1 aromatic heterocycles. The average molecular weight is 300 g/mol. The Kier molecular flexibility index (Phi) is 4.55. The SMILES string of the molecule is CC1CCN(Cc2nc(-c3ccc(CN(C)C)cc3)no2)C1. The van der Waals surface area contributed by atoms with Crippen LogP contribution >= 0.6 is 0 Å². The van der Waals surface area contributed by atoms with Gasteiger partial charge in [0.2, 0.25) is 11.7 Å². The fourth-order valence-corrected chi connectivity index (χ4v) is 2.92. The van der Waals surface area contributed by atoms with Crippen molar-refractivity contribution in [2.75, 3.05) is 27.2 Å². The van der Waals surface area contributed by atoms with Crippen LogP contribution in [0.1, 0.15) is 24.8 Å². The van der Waals surface area contributed by atoms with Gasteiger partial charge < -0.3 is 9.42 Å². The Morgan fingerprint density at radius 2 is 2.05 bits per heavy atom. The minimum absolute atomic E-state index is 0.679. The number of hydrogen-bond donors (Lipinski definition) is 0. The van der Waals surface area contributed by atoms with Crippen LogP contribution in [0.3, 0.4) is 0 Å². The molecule has 2 heterocycles. The molecule has 0 saturated carbocycles. The molecule has 1 aliphatic rings. The molecule has 0 aliphatic carbocycles. The first-order valence-corrected chi connectivity index (χ1v) is 7.89. The molecule has 118 valence electrons. The highest BCUT2D eigenvalue weighted by Crippen LogP contribution is 2.20. The lowest BCUT2D eigenvalue weighted by atomic mass is 10.1. The summed E-state index contributed by atoms with van der Waals surface area (Å²) in [7, 11) is 4.14. The van der Waals surface area contributed by atoms with Crippen molar-refractivity contribution in [1.82, 2.24) is 19.9 Å². The zero-order valence-corrected chi connectivity index (χ0v) is 13.6. The predicted octanol–water partition coefficient (Wildman–Crippen LogP) is 2.64. The van der Waals surface area contributed by atoms with Crippen molar-refractivity contribution >= 4 is 0 Å². The molecular weight excluding hydrogens is 276 g/mol. The molecule has 1 unspecified atom stereocenters. The zero-order valence-electron chi connectivity index (χ0n) is 13.6. The van der Waals surface area contributed by atoms with Gasteiger partial charge in [-0.1, -0.05) is 36.3 Å². The summed E-state index contributed by atoms with van der Waals surface area (Å²) in [5, 5.41) is 4.11. The Morgan fingerprint density at radius 1 is 1.27 bits per heavy atom. The summed E-state index contributed by atoms with van der Waals surface area (Å²) in [5.41, 5.74) is 2.29. The molecule has 0 N–H and O–H groups in total. The molecular formula is C17H24N4O. The van der Waals surface area contributed by atoms with E-state index in [2.05, 4.69) is 65.2 Å². The van der Waals surface area contributed by atoms with Gasteiger partial charge in [-0.15, -0.1) is 0 Å². The maximum absolute atomic E-state index is 5.40. The normalized spacial score (nSPS) is 19.2. The van der Waals surface area contributed by atoms with E-state index in [9.17, 15) is 0 Å². The fourth-order valence-electron chi connectivity index (χ4n) is 2.92. The van der Waals surface area contributed by atoms with E-state index in [1.165, 1.54) is 12.0 Å². The minimum Gasteiger partial charge on any atom is -0.338 e. The van der Waals surface area contributed by atoms with Crippen LogP contribution in [0.2, 0.25) is 0 Å². The first kappa shape index (κ1) is 15.2. The molecule has 1 aromatic carbocycles. The van der Waals surface area contributed by atoms with Gasteiger partial charge in [0.15, 0.2) is 0 Å². The third-order valence-electron chi connectivity index (χ3n) is 4.05. The molecule has 1 saturated heterocycles. The van der Waals surface area contributed by atoms with Gasteiger partial charge in [0, 0.05) is 18.7 Å². The van der Waals surface area contributed by atoms with E-state index >= 15 is 0 Å². The van der Waals surface area contributed by atoms with Crippen LogP contribution < -0.4 is 0 Å². The lowest BCUT2D eigenvalue weighted by molar-refractivity contribution is 0.262. The highest BCUT2D eigenvalue weighted by molar-refractivity contribution is 5.54. The van der Waals surface area contributed by atoms with Crippen LogP contribution in [-0.2, 0) is 13.1 Å². The third kappa shape index (κ3) is 3.72. The molecule has 1 aliphatic heterocycles. The van der Waals surface area contributed by atoms with Gasteiger partial charge in [-0.25, -0.2) is 0 Å². The van der Waals surface area contributed by atoms with E-state index in [0.29, 0.717) is 11.7 Å². The Labute approximate surface area is 131 Å². The van der Waals surface area contributed by atoms with E-state index < -0.39 is 0 Å². The van der Waals surface area contributed by atoms with Crippen molar-refractivity contribution in [2.45, 2.75) is 26.4 Å². The third-order valence-corrected chi connectivity index (χ3v) is 4.05. The van der Waals surface area contributed by atoms with Crippen LogP contribution in [0, 0.1) is 5.92 Å². The standard InChI is InChI=1S/C17H24N4O/c1-13-8-9-21(10-13)12-16-18-17(19-22-16)15-6-4-14(5-7-15)11-20(2)3/h4-7,13H,8-12H2,1-3H3. The molecule has 1 fully saturated rings. The van der Waals surface area contributed by atoms with Crippen molar-refractivity contribution in [3.63, 3.8) is 0 Å². The Morgan fingerprint density at radius 3 is 2.68 bits per heavy atom. The summed E-state index contributed by atoms with van der Waals surface area (Å²) in [4.78, 5) is 9.06. The van der Waals surface area contributed by atoms with Crippen molar-refractivity contribution in [3.8, 4) is 11.4 Å². The maximum Gasteiger partial charge on any atom is 0.241 e. The molecule has 0 amide bonds. The van der Waals surface area contributed by atoms with E-state index in [4.69, 9.17) is 4.52 Å². The second-order valence-corrected chi connectivity index (χ2v) is 6.58. The van der Waals surface area contributed by atoms with Crippen molar-refractivity contribution in [1.29, 1.82) is 0 Å². The van der Waals surface area contributed by atoms with Gasteiger partial charge in [0.1, 0.15) is 0 Å². The first-order valence-electron chi connectivity index (χ1n) is 7.89. The molecule has 2 aromatic rings. The molecule has 5 heteroatoms. The lowest BCUT2D eigenvalue weighted by Crippen LogP contribution is -2.19. The van der Waals surface area contributed by atoms with Crippen molar-refractivity contribution in [2.24, 2.45) is 5.92 Å². The number of nitrogens with zero attached hydrogens (tertiary/aromatic N) is 4. The van der Waals surface area contributed by atoms with E-state index in [-0.39, 0.29) is 0 Å². The number of likely N-dealkylation sites (tertiary alicyclic amines) is 1. The molecule has 3 rings (SSSR count). The second kappa shape index (κ2) is 6.58. The summed E-state index contributed by atoms with van der Waals surface area (Å²) in [6.45, 7) is 6.23. The van der Waals surface area contributed by atoms with Gasteiger partial charge in [0.05, 0.1) is 6.54 Å². The summed E-state index contributed by atoms with van der Waals surface area (Å²) < 4.78 is 5.40. The number of aromatic nitrogens is 2. The van der Waals surface area contributed by atoms with Crippen LogP contribution in [0.5, 0.6) is 0 Å². The molecule has 1 atom stereocenters. The Hall–Kier alpha value is -1.72. The highest BCUT2D eigenvalue weighted by atomic mass is 16.5. The number of rotatable bonds is 5. The largest absolute Gasteiger partial charge is 0.338 e. The van der Waals surface area contributed by atoms with Crippen LogP contribution in [-0.4, -0.2) is 47.1 Å². The summed E-state index contributed by atoms with van der Waals surface area (Å²) in [5.74, 6) is 2.16. The van der Waals surface area contributed by atoms with E-state index in [1.54, 1.807) is 0 Å². The monoisotopic (exact) mass is 300 g/mol. The first-order chi connectivity index (χ1) is 10.6. The van der Waals surface area contributed by atoms with Crippen LogP contribution in [0.4, 0.5) is 0 Å². The lowest BCUT2D eigenvalue weighted by Gasteiger charge is -2.11. The van der Waals surface area contributed by atoms with Gasteiger partial charge in [-0.2, -0.15) is 4.98 Å². The number of benzene rings is 1. The molecule has 0 radical (unpaired) electrons. The Bertz CT molecular complexity index is 605. The van der Waals surface area contributed by atoms with Crippen molar-refractivity contribution < 1.29 is 4.52 Å². The average Bonchev–Trinajstić information content (AvgIpc) is 3.09. The second-order valence-electron chi connectivity index (χ2n) is 6.58. The topological polar surface area (TPSA) is 45.4 Å². The summed E-state index contributed by atoms with van der Waals surface area (Å²) >= 11 is 0. The number of hydrogen-bond acceptors (Lipinski definition) is 5. The molecule has 0 bridgehead atoms. The van der Waals surface area contributed by atoms with Crippen LogP contribution in [0.25, 0.3) is 11.4 Å². The summed E-state index contributed by atoms with van der Waals surface area (Å²) in [6.07, 6.45) is 1.26. The smallest absolute Gasteiger partial charge is 0.241 e. The Balaban J connectivity index is 1.65. The minimum atomic E-state index is 0.679. The van der Waals surface area contributed by atoms with Crippen LogP contribution in [0.15, 0.2) is 28.8 Å². The quantitative estimate of drug-likeness (QED) is 0.849. The fraction of sp³-hybridized carbons (Fsp3) is 0.529. The summed E-state index contributed by atoms with van der Waals surface area (Å²) in [6, 6.07) is 8.36. The van der Waals surface area contributed by atoms with Crippen molar-refractivity contribution in [3.05, 3.63) is 35.7 Å². The maximum atomic E-state index is 5.40. The van der Waals surface area contributed by atoms with E-state index in [0.717, 1.165) is 37.7 Å². The molecule has 5 nitrogen and oxygen atoms in total. The zero-order chi connectivity index (χ0) is 15.5. The van der Waals surface area contributed by atoms with Gasteiger partial charge >= 0.3 is 0 Å². The predicted molar refractivity (Wildman–Crippen MR) is 86.2 cm³/mol. The van der Waals surface area contributed by atoms with Gasteiger partial charge in [-0.3, -0.25) is 4.90 Å². The van der Waals surface area contributed by atoms with Gasteiger partial charge in [0.25, 0.3) is 0 Å². The van der Waals surface area contributed by atoms with E-state index in [1.807, 2.05) is 0 Å². The van der Waals surface area contributed by atoms with Gasteiger partial charge in [-0.05, 0) is 38.5 Å².